The zero-order chi connectivity index (χ0) is 16.1. The molecule has 0 spiro atoms. The Balaban J connectivity index is 2.07. The van der Waals surface area contributed by atoms with Crippen LogP contribution < -0.4 is 0 Å². The molecule has 0 aliphatic carbocycles. The van der Waals surface area contributed by atoms with E-state index in [0.717, 1.165) is 17.8 Å². The van der Waals surface area contributed by atoms with Gasteiger partial charge in [0, 0.05) is 31.1 Å². The van der Waals surface area contributed by atoms with Gasteiger partial charge < -0.3 is 10.0 Å². The minimum atomic E-state index is -0.925. The van der Waals surface area contributed by atoms with Crippen molar-refractivity contribution in [2.45, 2.75) is 19.8 Å². The molecule has 116 valence electrons. The van der Waals surface area contributed by atoms with Crippen LogP contribution in [0, 0.1) is 0 Å². The number of nitrogens with one attached hydrogen (secondary N) is 1. The topological polar surface area (TPSA) is 99.2 Å². The van der Waals surface area contributed by atoms with E-state index >= 15 is 0 Å². The minimum absolute atomic E-state index is 0.0721. The Bertz CT molecular complexity index is 664. The van der Waals surface area contributed by atoms with Gasteiger partial charge in [-0.2, -0.15) is 5.10 Å². The van der Waals surface area contributed by atoms with Crippen LogP contribution in [0.25, 0.3) is 11.4 Å². The van der Waals surface area contributed by atoms with E-state index in [2.05, 4.69) is 15.2 Å². The van der Waals surface area contributed by atoms with Crippen LogP contribution >= 0.6 is 0 Å². The Morgan fingerprint density at radius 1 is 1.27 bits per heavy atom. The largest absolute Gasteiger partial charge is 0.481 e. The summed E-state index contributed by atoms with van der Waals surface area (Å²) in [5, 5.41) is 15.6. The number of hydrogen-bond donors (Lipinski definition) is 2. The molecule has 7 nitrogen and oxygen atoms in total. The maximum atomic E-state index is 12.2. The van der Waals surface area contributed by atoms with Gasteiger partial charge in [-0.15, -0.1) is 0 Å². The van der Waals surface area contributed by atoms with Gasteiger partial charge in [0.05, 0.1) is 6.42 Å². The summed E-state index contributed by atoms with van der Waals surface area (Å²) in [7, 11) is 1.59. The highest BCUT2D eigenvalue weighted by atomic mass is 16.4. The van der Waals surface area contributed by atoms with E-state index in [4.69, 9.17) is 5.11 Å². The summed E-state index contributed by atoms with van der Waals surface area (Å²) in [5.74, 6) is 0.266. The van der Waals surface area contributed by atoms with Crippen molar-refractivity contribution in [1.29, 1.82) is 0 Å². The molecule has 2 N–H and O–H groups in total. The molecule has 1 aromatic carbocycles. The van der Waals surface area contributed by atoms with Gasteiger partial charge in [-0.05, 0) is 12.1 Å². The monoisotopic (exact) mass is 302 g/mol. The fourth-order valence-electron chi connectivity index (χ4n) is 1.93. The molecular weight excluding hydrogens is 284 g/mol. The van der Waals surface area contributed by atoms with Gasteiger partial charge >= 0.3 is 5.97 Å². The van der Waals surface area contributed by atoms with Crippen molar-refractivity contribution in [2.24, 2.45) is 0 Å². The normalized spacial score (nSPS) is 10.5. The summed E-state index contributed by atoms with van der Waals surface area (Å²) < 4.78 is 0. The average Bonchev–Trinajstić information content (AvgIpc) is 3.01. The van der Waals surface area contributed by atoms with Crippen molar-refractivity contribution in [3.63, 3.8) is 0 Å². The van der Waals surface area contributed by atoms with Gasteiger partial charge in [0.15, 0.2) is 5.82 Å². The van der Waals surface area contributed by atoms with Gasteiger partial charge in [0.25, 0.3) is 5.91 Å². The zero-order valence-electron chi connectivity index (χ0n) is 12.5. The molecule has 0 bridgehead atoms. The first kappa shape index (κ1) is 15.7. The smallest absolute Gasteiger partial charge is 0.305 e. The third-order valence-electron chi connectivity index (χ3n) is 3.26. The number of carboxylic acid groups (broad SMARTS) is 1. The number of aryl methyl sites for hydroxylation is 1. The number of amides is 1. The lowest BCUT2D eigenvalue weighted by Gasteiger charge is -2.16. The molecule has 2 aromatic rings. The number of hydrogen-bond acceptors (Lipinski definition) is 4. The Hall–Kier alpha value is -2.70. The van der Waals surface area contributed by atoms with Crippen molar-refractivity contribution in [3.05, 3.63) is 35.7 Å². The first-order valence-electron chi connectivity index (χ1n) is 7.00. The molecule has 0 radical (unpaired) electrons. The zero-order valence-corrected chi connectivity index (χ0v) is 12.5. The first-order valence-corrected chi connectivity index (χ1v) is 7.00. The summed E-state index contributed by atoms with van der Waals surface area (Å²) in [4.78, 5) is 28.4. The summed E-state index contributed by atoms with van der Waals surface area (Å²) in [6.07, 6.45) is 0.704. The molecule has 1 heterocycles. The average molecular weight is 302 g/mol. The predicted octanol–water partition coefficient (Wildman–Crippen LogP) is 1.58. The van der Waals surface area contributed by atoms with Crippen LogP contribution in [0.4, 0.5) is 0 Å². The molecule has 0 atom stereocenters. The number of aliphatic carboxylic acids is 1. The number of carboxylic acids is 1. The van der Waals surface area contributed by atoms with Crippen LogP contribution in [-0.2, 0) is 11.2 Å². The van der Waals surface area contributed by atoms with E-state index in [1.807, 2.05) is 6.92 Å². The van der Waals surface area contributed by atoms with Crippen molar-refractivity contribution >= 4 is 11.9 Å². The van der Waals surface area contributed by atoms with Crippen LogP contribution in [0.2, 0.25) is 0 Å². The highest BCUT2D eigenvalue weighted by Gasteiger charge is 2.13. The third-order valence-corrected chi connectivity index (χ3v) is 3.26. The predicted molar refractivity (Wildman–Crippen MR) is 80.4 cm³/mol. The Morgan fingerprint density at radius 3 is 2.50 bits per heavy atom. The van der Waals surface area contributed by atoms with E-state index in [1.54, 1.807) is 31.3 Å². The lowest BCUT2D eigenvalue weighted by atomic mass is 10.1. The van der Waals surface area contributed by atoms with Gasteiger partial charge in [-0.1, -0.05) is 19.1 Å². The molecule has 0 fully saturated rings. The SMILES string of the molecule is CCc1nc(-c2ccc(C(=O)N(C)CCC(=O)O)cc2)n[nH]1. The van der Waals surface area contributed by atoms with Gasteiger partial charge in [-0.3, -0.25) is 14.7 Å². The second-order valence-electron chi connectivity index (χ2n) is 4.91. The maximum absolute atomic E-state index is 12.2. The number of benzene rings is 1. The van der Waals surface area contributed by atoms with Crippen LogP contribution in [0.3, 0.4) is 0 Å². The van der Waals surface area contributed by atoms with Crippen molar-refractivity contribution < 1.29 is 14.7 Å². The lowest BCUT2D eigenvalue weighted by Crippen LogP contribution is -2.28. The summed E-state index contributed by atoms with van der Waals surface area (Å²) >= 11 is 0. The fraction of sp³-hybridized carbons (Fsp3) is 0.333. The maximum Gasteiger partial charge on any atom is 0.305 e. The number of H-pyrrole nitrogens is 1. The van der Waals surface area contributed by atoms with Crippen molar-refractivity contribution in [1.82, 2.24) is 20.1 Å². The fourth-order valence-corrected chi connectivity index (χ4v) is 1.93. The Morgan fingerprint density at radius 2 is 1.95 bits per heavy atom. The van der Waals surface area contributed by atoms with Crippen LogP contribution in [0.5, 0.6) is 0 Å². The molecule has 1 aromatic heterocycles. The Kier molecular flexibility index (Phi) is 4.88. The number of nitrogens with zero attached hydrogens (tertiary/aromatic N) is 3. The van der Waals surface area contributed by atoms with Crippen LogP contribution in [0.15, 0.2) is 24.3 Å². The molecule has 22 heavy (non-hydrogen) atoms. The molecular formula is C15H18N4O3. The van der Waals surface area contributed by atoms with Gasteiger partial charge in [0.1, 0.15) is 5.82 Å². The standard InChI is InChI=1S/C15H18N4O3/c1-3-12-16-14(18-17-12)10-4-6-11(7-5-10)15(22)19(2)9-8-13(20)21/h4-7H,3,8-9H2,1-2H3,(H,20,21)(H,16,17,18). The number of aromatic amines is 1. The van der Waals surface area contributed by atoms with E-state index in [1.165, 1.54) is 4.90 Å². The number of rotatable bonds is 6. The molecule has 2 rings (SSSR count). The molecule has 0 aliphatic rings. The van der Waals surface area contributed by atoms with E-state index in [0.29, 0.717) is 11.4 Å². The molecule has 0 saturated carbocycles. The number of carbonyl (C=O) groups is 2. The van der Waals surface area contributed by atoms with Gasteiger partial charge in [0.2, 0.25) is 0 Å². The van der Waals surface area contributed by atoms with E-state index in [9.17, 15) is 9.59 Å². The summed E-state index contributed by atoms with van der Waals surface area (Å²) in [5.41, 5.74) is 1.32. The second-order valence-corrected chi connectivity index (χ2v) is 4.91. The summed E-state index contributed by atoms with van der Waals surface area (Å²) in [6.45, 7) is 2.16. The highest BCUT2D eigenvalue weighted by Crippen LogP contribution is 2.16. The third kappa shape index (κ3) is 3.69. The van der Waals surface area contributed by atoms with Gasteiger partial charge in [-0.25, -0.2) is 4.98 Å². The molecule has 0 unspecified atom stereocenters. The highest BCUT2D eigenvalue weighted by molar-refractivity contribution is 5.94. The Labute approximate surface area is 128 Å². The number of aromatic nitrogens is 3. The van der Waals surface area contributed by atoms with E-state index < -0.39 is 5.97 Å². The van der Waals surface area contributed by atoms with Crippen molar-refractivity contribution in [3.8, 4) is 11.4 Å². The molecule has 1 amide bonds. The quantitative estimate of drug-likeness (QED) is 0.844. The molecule has 7 heteroatoms. The lowest BCUT2D eigenvalue weighted by molar-refractivity contribution is -0.137. The minimum Gasteiger partial charge on any atom is -0.481 e. The van der Waals surface area contributed by atoms with Crippen LogP contribution in [-0.4, -0.2) is 50.7 Å². The number of carbonyl (C=O) groups excluding carboxylic acids is 1. The van der Waals surface area contributed by atoms with Crippen LogP contribution in [0.1, 0.15) is 29.5 Å². The second kappa shape index (κ2) is 6.84. The summed E-state index contributed by atoms with van der Waals surface area (Å²) in [6, 6.07) is 6.94. The molecule has 0 saturated heterocycles. The van der Waals surface area contributed by atoms with E-state index in [-0.39, 0.29) is 18.9 Å². The van der Waals surface area contributed by atoms with Crippen molar-refractivity contribution in [2.75, 3.05) is 13.6 Å². The molecule has 0 aliphatic heterocycles. The first-order chi connectivity index (χ1) is 10.5.